The largest absolute Gasteiger partial charge is 0.385 e. The first-order valence-corrected chi connectivity index (χ1v) is 6.21. The fraction of sp³-hybridized carbons (Fsp3) is 0.231. The number of anilines is 2. The highest BCUT2D eigenvalue weighted by Gasteiger charge is 2.16. The third kappa shape index (κ3) is 4.07. The van der Waals surface area contributed by atoms with Crippen molar-refractivity contribution in [3.8, 4) is 11.4 Å². The van der Waals surface area contributed by atoms with Gasteiger partial charge in [0, 0.05) is 18.2 Å². The second kappa shape index (κ2) is 6.91. The standard InChI is InChI=1S/C13H15F2N5O/c14-12(15)9(21)7-17-10-6-11(20-16)19-13(18-10)8-4-2-1-3-5-8/h1-6,9,12,21H,7,16H2,(H2,17,18,19,20). The minimum atomic E-state index is -2.82. The Morgan fingerprint density at radius 2 is 1.81 bits per heavy atom. The summed E-state index contributed by atoms with van der Waals surface area (Å²) in [5.74, 6) is 6.34. The van der Waals surface area contributed by atoms with Gasteiger partial charge in [0.15, 0.2) is 5.82 Å². The van der Waals surface area contributed by atoms with Crippen molar-refractivity contribution in [2.75, 3.05) is 17.3 Å². The van der Waals surface area contributed by atoms with Gasteiger partial charge in [-0.15, -0.1) is 0 Å². The van der Waals surface area contributed by atoms with E-state index < -0.39 is 12.5 Å². The number of nitrogen functional groups attached to an aromatic ring is 1. The number of halogens is 2. The molecule has 1 aromatic heterocycles. The highest BCUT2D eigenvalue weighted by atomic mass is 19.3. The minimum Gasteiger partial charge on any atom is -0.385 e. The SMILES string of the molecule is NNc1cc(NCC(O)C(F)F)nc(-c2ccccc2)n1. The summed E-state index contributed by atoms with van der Waals surface area (Å²) in [5.41, 5.74) is 3.14. The number of aromatic nitrogens is 2. The Morgan fingerprint density at radius 1 is 1.14 bits per heavy atom. The summed E-state index contributed by atoms with van der Waals surface area (Å²) in [5, 5.41) is 11.7. The molecule has 0 aliphatic heterocycles. The molecule has 0 saturated heterocycles. The smallest absolute Gasteiger partial charge is 0.265 e. The van der Waals surface area contributed by atoms with Crippen LogP contribution in [0.2, 0.25) is 0 Å². The lowest BCUT2D eigenvalue weighted by atomic mass is 10.2. The van der Waals surface area contributed by atoms with E-state index in [1.807, 2.05) is 30.3 Å². The summed E-state index contributed by atoms with van der Waals surface area (Å²) < 4.78 is 24.5. The zero-order valence-corrected chi connectivity index (χ0v) is 11.0. The van der Waals surface area contributed by atoms with Crippen molar-refractivity contribution >= 4 is 11.6 Å². The van der Waals surface area contributed by atoms with Gasteiger partial charge in [-0.05, 0) is 0 Å². The van der Waals surface area contributed by atoms with Gasteiger partial charge in [0.25, 0.3) is 6.43 Å². The highest BCUT2D eigenvalue weighted by molar-refractivity contribution is 5.60. The molecule has 21 heavy (non-hydrogen) atoms. The molecule has 1 atom stereocenters. The molecule has 5 N–H and O–H groups in total. The summed E-state index contributed by atoms with van der Waals surface area (Å²) in [6, 6.07) is 10.6. The van der Waals surface area contributed by atoms with Crippen LogP contribution < -0.4 is 16.6 Å². The normalized spacial score (nSPS) is 12.2. The molecule has 0 aliphatic carbocycles. The van der Waals surface area contributed by atoms with Crippen LogP contribution in [0.3, 0.4) is 0 Å². The number of nitrogens with one attached hydrogen (secondary N) is 2. The Bertz CT molecular complexity index is 582. The second-order valence-corrected chi connectivity index (χ2v) is 4.26. The molecule has 1 heterocycles. The van der Waals surface area contributed by atoms with E-state index in [-0.39, 0.29) is 12.4 Å². The molecule has 6 nitrogen and oxygen atoms in total. The fourth-order valence-electron chi connectivity index (χ4n) is 1.63. The van der Waals surface area contributed by atoms with Gasteiger partial charge in [-0.2, -0.15) is 0 Å². The first-order valence-electron chi connectivity index (χ1n) is 6.21. The van der Waals surface area contributed by atoms with Crippen LogP contribution in [0.5, 0.6) is 0 Å². The number of aliphatic hydroxyl groups excluding tert-OH is 1. The van der Waals surface area contributed by atoms with Gasteiger partial charge in [-0.25, -0.2) is 24.6 Å². The topological polar surface area (TPSA) is 96.1 Å². The molecule has 2 rings (SSSR count). The van der Waals surface area contributed by atoms with E-state index in [2.05, 4.69) is 20.7 Å². The molecular weight excluding hydrogens is 280 g/mol. The van der Waals surface area contributed by atoms with E-state index in [0.29, 0.717) is 11.6 Å². The number of aliphatic hydroxyl groups is 1. The van der Waals surface area contributed by atoms with Gasteiger partial charge in [0.1, 0.15) is 17.7 Å². The number of rotatable bonds is 6. The molecule has 0 amide bonds. The van der Waals surface area contributed by atoms with Crippen LogP contribution in [-0.2, 0) is 0 Å². The first-order chi connectivity index (χ1) is 10.1. The van der Waals surface area contributed by atoms with Gasteiger partial charge in [0.05, 0.1) is 0 Å². The first kappa shape index (κ1) is 15.1. The van der Waals surface area contributed by atoms with E-state index in [9.17, 15) is 8.78 Å². The molecule has 1 unspecified atom stereocenters. The van der Waals surface area contributed by atoms with Crippen molar-refractivity contribution in [2.24, 2.45) is 5.84 Å². The van der Waals surface area contributed by atoms with Crippen molar-refractivity contribution in [1.29, 1.82) is 0 Å². The molecule has 112 valence electrons. The van der Waals surface area contributed by atoms with Crippen molar-refractivity contribution in [3.05, 3.63) is 36.4 Å². The molecule has 8 heteroatoms. The van der Waals surface area contributed by atoms with Crippen LogP contribution in [0.4, 0.5) is 20.4 Å². The predicted molar refractivity (Wildman–Crippen MR) is 75.8 cm³/mol. The quantitative estimate of drug-likeness (QED) is 0.476. The molecule has 0 aliphatic rings. The Labute approximate surface area is 120 Å². The summed E-state index contributed by atoms with van der Waals surface area (Å²) in [6.07, 6.45) is -4.59. The van der Waals surface area contributed by atoms with Crippen LogP contribution in [0.1, 0.15) is 0 Å². The number of alkyl halides is 2. The lowest BCUT2D eigenvalue weighted by Crippen LogP contribution is -2.27. The van der Waals surface area contributed by atoms with E-state index in [0.717, 1.165) is 5.56 Å². The van der Waals surface area contributed by atoms with Crippen molar-refractivity contribution < 1.29 is 13.9 Å². The van der Waals surface area contributed by atoms with E-state index in [1.54, 1.807) is 0 Å². The third-order valence-corrected chi connectivity index (χ3v) is 2.69. The number of hydrogen-bond donors (Lipinski definition) is 4. The van der Waals surface area contributed by atoms with Gasteiger partial charge in [0.2, 0.25) is 0 Å². The Morgan fingerprint density at radius 3 is 2.43 bits per heavy atom. The van der Waals surface area contributed by atoms with Gasteiger partial charge in [-0.3, -0.25) is 0 Å². The average molecular weight is 295 g/mol. The number of nitrogens with zero attached hydrogens (tertiary/aromatic N) is 2. The highest BCUT2D eigenvalue weighted by Crippen LogP contribution is 2.19. The fourth-order valence-corrected chi connectivity index (χ4v) is 1.63. The van der Waals surface area contributed by atoms with Crippen LogP contribution in [-0.4, -0.2) is 34.1 Å². The third-order valence-electron chi connectivity index (χ3n) is 2.69. The van der Waals surface area contributed by atoms with E-state index >= 15 is 0 Å². The average Bonchev–Trinajstić information content (AvgIpc) is 2.52. The summed E-state index contributed by atoms with van der Waals surface area (Å²) >= 11 is 0. The van der Waals surface area contributed by atoms with Crippen molar-refractivity contribution in [3.63, 3.8) is 0 Å². The molecule has 0 fully saturated rings. The lowest BCUT2D eigenvalue weighted by molar-refractivity contribution is 0.00381. The van der Waals surface area contributed by atoms with Gasteiger partial charge in [-0.1, -0.05) is 30.3 Å². The van der Waals surface area contributed by atoms with Gasteiger partial charge >= 0.3 is 0 Å². The maximum absolute atomic E-state index is 12.3. The van der Waals surface area contributed by atoms with Crippen LogP contribution in [0.15, 0.2) is 36.4 Å². The van der Waals surface area contributed by atoms with Crippen molar-refractivity contribution in [1.82, 2.24) is 9.97 Å². The molecule has 2 aromatic rings. The number of nitrogens with two attached hydrogens (primary N) is 1. The lowest BCUT2D eigenvalue weighted by Gasteiger charge is -2.13. The molecule has 0 spiro atoms. The Kier molecular flexibility index (Phi) is 4.96. The predicted octanol–water partition coefficient (Wildman–Crippen LogP) is 1.47. The second-order valence-electron chi connectivity index (χ2n) is 4.26. The number of hydrazine groups is 1. The monoisotopic (exact) mass is 295 g/mol. The van der Waals surface area contributed by atoms with Crippen LogP contribution in [0, 0.1) is 0 Å². The van der Waals surface area contributed by atoms with E-state index in [4.69, 9.17) is 10.9 Å². The molecular formula is C13H15F2N5O. The summed E-state index contributed by atoms with van der Waals surface area (Å²) in [6.45, 7) is -0.326. The summed E-state index contributed by atoms with van der Waals surface area (Å²) in [4.78, 5) is 8.40. The maximum atomic E-state index is 12.3. The maximum Gasteiger partial charge on any atom is 0.265 e. The minimum absolute atomic E-state index is 0.288. The Balaban J connectivity index is 2.22. The van der Waals surface area contributed by atoms with E-state index in [1.165, 1.54) is 6.07 Å². The molecule has 0 bridgehead atoms. The number of hydrogen-bond acceptors (Lipinski definition) is 6. The van der Waals surface area contributed by atoms with Crippen LogP contribution >= 0.6 is 0 Å². The molecule has 0 radical (unpaired) electrons. The van der Waals surface area contributed by atoms with Gasteiger partial charge < -0.3 is 15.8 Å². The Hall–Kier alpha value is -2.32. The molecule has 0 saturated carbocycles. The van der Waals surface area contributed by atoms with Crippen molar-refractivity contribution in [2.45, 2.75) is 12.5 Å². The number of benzene rings is 1. The van der Waals surface area contributed by atoms with Crippen LogP contribution in [0.25, 0.3) is 11.4 Å². The molecule has 1 aromatic carbocycles. The summed E-state index contributed by atoms with van der Waals surface area (Å²) in [7, 11) is 0. The zero-order valence-electron chi connectivity index (χ0n) is 11.0. The zero-order chi connectivity index (χ0) is 15.2.